The minimum Gasteiger partial charge on any atom is -0.353 e. The average molecular weight is 533 g/mol. The molecule has 0 saturated heterocycles. The zero-order chi connectivity index (χ0) is 26.7. The predicted molar refractivity (Wildman–Crippen MR) is 157 cm³/mol. The fourth-order valence-corrected chi connectivity index (χ4v) is 5.61. The highest BCUT2D eigenvalue weighted by Gasteiger charge is 2.17. The lowest BCUT2D eigenvalue weighted by molar-refractivity contribution is 0.460. The van der Waals surface area contributed by atoms with Crippen LogP contribution >= 0.6 is 0 Å². The molecule has 2 N–H and O–H groups in total. The first-order chi connectivity index (χ1) is 18.2. The van der Waals surface area contributed by atoms with Crippen molar-refractivity contribution in [2.45, 2.75) is 44.6 Å². The van der Waals surface area contributed by atoms with Gasteiger partial charge >= 0.3 is 0 Å². The second kappa shape index (κ2) is 11.0. The Morgan fingerprint density at radius 3 is 2.47 bits per heavy atom. The number of aromatic nitrogens is 3. The first-order valence-corrected chi connectivity index (χ1v) is 15.3. The molecule has 8 nitrogen and oxygen atoms in total. The van der Waals surface area contributed by atoms with Crippen LogP contribution in [-0.2, 0) is 23.3 Å². The Hall–Kier alpha value is -3.59. The van der Waals surface area contributed by atoms with Crippen molar-refractivity contribution >= 4 is 49.7 Å². The highest BCUT2D eigenvalue weighted by atomic mass is 32.2. The summed E-state index contributed by atoms with van der Waals surface area (Å²) in [6, 6.07) is 18.7. The van der Waals surface area contributed by atoms with Crippen molar-refractivity contribution < 1.29 is 8.42 Å². The van der Waals surface area contributed by atoms with E-state index in [1.54, 1.807) is 6.20 Å². The van der Waals surface area contributed by atoms with Gasteiger partial charge in [0.2, 0.25) is 5.95 Å². The van der Waals surface area contributed by atoms with Gasteiger partial charge in [0.1, 0.15) is 15.7 Å². The zero-order valence-electron chi connectivity index (χ0n) is 22.3. The molecule has 2 aromatic heterocycles. The molecule has 1 aliphatic carbocycles. The minimum absolute atomic E-state index is 0.151. The maximum Gasteiger partial charge on any atom is 0.203 e. The maximum absolute atomic E-state index is 11.4. The summed E-state index contributed by atoms with van der Waals surface area (Å²) in [5.41, 5.74) is 6.02. The summed E-state index contributed by atoms with van der Waals surface area (Å²) in [5, 5.41) is 7.01. The third-order valence-corrected chi connectivity index (χ3v) is 8.25. The van der Waals surface area contributed by atoms with Crippen LogP contribution in [-0.4, -0.2) is 48.1 Å². The Morgan fingerprint density at radius 1 is 1.00 bits per heavy atom. The van der Waals surface area contributed by atoms with E-state index in [9.17, 15) is 8.42 Å². The molecule has 4 aromatic rings. The third kappa shape index (κ3) is 6.27. The van der Waals surface area contributed by atoms with Crippen molar-refractivity contribution in [1.29, 1.82) is 0 Å². The number of sulfone groups is 1. The van der Waals surface area contributed by atoms with Gasteiger partial charge in [-0.05, 0) is 61.2 Å². The molecule has 0 unspecified atom stereocenters. The Kier molecular flexibility index (Phi) is 7.56. The predicted octanol–water partition coefficient (Wildman–Crippen LogP) is 5.81. The highest BCUT2D eigenvalue weighted by molar-refractivity contribution is 7.90. The molecule has 2 aromatic carbocycles. The van der Waals surface area contributed by atoms with E-state index in [1.165, 1.54) is 38.4 Å². The summed E-state index contributed by atoms with van der Waals surface area (Å²) >= 11 is 0. The van der Waals surface area contributed by atoms with E-state index in [0.29, 0.717) is 12.5 Å². The van der Waals surface area contributed by atoms with Gasteiger partial charge in [-0.2, -0.15) is 0 Å². The molecule has 0 aliphatic heterocycles. The second-order valence-electron chi connectivity index (χ2n) is 10.3. The molecule has 1 fully saturated rings. The molecular weight excluding hydrogens is 496 g/mol. The van der Waals surface area contributed by atoms with Crippen LogP contribution in [0.4, 0.5) is 28.8 Å². The maximum atomic E-state index is 11.4. The van der Waals surface area contributed by atoms with Crippen molar-refractivity contribution in [2.24, 2.45) is 7.05 Å². The number of pyridine rings is 1. The summed E-state index contributed by atoms with van der Waals surface area (Å²) in [7, 11) is 1.14. The number of hydrogen-bond donors (Lipinski definition) is 2. The van der Waals surface area contributed by atoms with Crippen LogP contribution in [0.3, 0.4) is 0 Å². The summed E-state index contributed by atoms with van der Waals surface area (Å²) in [4.78, 5) is 11.5. The Labute approximate surface area is 225 Å². The van der Waals surface area contributed by atoms with Crippen molar-refractivity contribution in [3.8, 4) is 0 Å². The van der Waals surface area contributed by atoms with Crippen LogP contribution in [0.25, 0.3) is 11.0 Å². The fraction of sp³-hybridized carbons (Fsp3) is 0.379. The second-order valence-corrected chi connectivity index (χ2v) is 12.6. The lowest BCUT2D eigenvalue weighted by Crippen LogP contribution is -2.23. The molecule has 1 aliphatic rings. The lowest BCUT2D eigenvalue weighted by atomic mass is 9.96. The summed E-state index contributed by atoms with van der Waals surface area (Å²) in [6.45, 7) is 0. The summed E-state index contributed by atoms with van der Waals surface area (Å²) < 4.78 is 25.0. The van der Waals surface area contributed by atoms with E-state index in [2.05, 4.69) is 50.3 Å². The molecule has 0 radical (unpaired) electrons. The van der Waals surface area contributed by atoms with E-state index < -0.39 is 9.84 Å². The van der Waals surface area contributed by atoms with Gasteiger partial charge in [-0.3, -0.25) is 0 Å². The Bertz CT molecular complexity index is 1510. The lowest BCUT2D eigenvalue weighted by Gasteiger charge is -2.23. The Morgan fingerprint density at radius 2 is 1.74 bits per heavy atom. The number of nitrogens with zero attached hydrogens (tertiary/aromatic N) is 4. The number of aryl methyl sites for hydroxylation is 2. The van der Waals surface area contributed by atoms with Crippen molar-refractivity contribution in [1.82, 2.24) is 14.5 Å². The van der Waals surface area contributed by atoms with Gasteiger partial charge in [0.25, 0.3) is 0 Å². The van der Waals surface area contributed by atoms with Gasteiger partial charge < -0.3 is 20.1 Å². The number of fused-ring (bicyclic) bond motifs is 1. The molecule has 1 saturated carbocycles. The molecule has 0 amide bonds. The van der Waals surface area contributed by atoms with Gasteiger partial charge in [-0.15, -0.1) is 0 Å². The first-order valence-electron chi connectivity index (χ1n) is 13.2. The zero-order valence-corrected chi connectivity index (χ0v) is 23.1. The van der Waals surface area contributed by atoms with Gasteiger partial charge in [-0.25, -0.2) is 18.4 Å². The average Bonchev–Trinajstić information content (AvgIpc) is 3.22. The standard InChI is InChI=1S/C29H36N6O2S/c1-34(24-13-14-27-26(19-24)33-29(35(27)2)32-22-7-5-4-6-8-22)25-15-17-30-28(20-25)31-23-11-9-21(10-12-23)16-18-38(3,36)37/h9-15,17,19-20,22H,4-8,16,18H2,1-3H3,(H,30,31)(H,32,33). The molecule has 0 bridgehead atoms. The van der Waals surface area contributed by atoms with Gasteiger partial charge in [-0.1, -0.05) is 31.4 Å². The smallest absolute Gasteiger partial charge is 0.203 e. The van der Waals surface area contributed by atoms with Crippen molar-refractivity contribution in [3.05, 3.63) is 66.4 Å². The molecule has 5 rings (SSSR count). The molecule has 0 atom stereocenters. The largest absolute Gasteiger partial charge is 0.353 e. The van der Waals surface area contributed by atoms with Crippen LogP contribution in [0.2, 0.25) is 0 Å². The molecule has 38 heavy (non-hydrogen) atoms. The van der Waals surface area contributed by atoms with Crippen molar-refractivity contribution in [2.75, 3.05) is 34.6 Å². The number of benzene rings is 2. The van der Waals surface area contributed by atoms with E-state index >= 15 is 0 Å². The van der Waals surface area contributed by atoms with E-state index in [4.69, 9.17) is 4.98 Å². The van der Waals surface area contributed by atoms with Crippen LogP contribution in [0.15, 0.2) is 60.8 Å². The molecule has 9 heteroatoms. The van der Waals surface area contributed by atoms with Gasteiger partial charge in [0, 0.05) is 55.7 Å². The summed E-state index contributed by atoms with van der Waals surface area (Å²) in [5.74, 6) is 1.82. The topological polar surface area (TPSA) is 92.2 Å². The van der Waals surface area contributed by atoms with Crippen LogP contribution in [0.5, 0.6) is 0 Å². The Balaban J connectivity index is 1.29. The third-order valence-electron chi connectivity index (χ3n) is 7.31. The monoisotopic (exact) mass is 532 g/mol. The van der Waals surface area contributed by atoms with Crippen LogP contribution in [0.1, 0.15) is 37.7 Å². The van der Waals surface area contributed by atoms with E-state index in [1.807, 2.05) is 43.4 Å². The molecule has 0 spiro atoms. The van der Waals surface area contributed by atoms with E-state index in [0.717, 1.165) is 45.4 Å². The number of hydrogen-bond acceptors (Lipinski definition) is 7. The fourth-order valence-electron chi connectivity index (χ4n) is 5.01. The number of imidazole rings is 1. The summed E-state index contributed by atoms with van der Waals surface area (Å²) in [6.07, 6.45) is 9.90. The minimum atomic E-state index is -2.97. The number of nitrogens with one attached hydrogen (secondary N) is 2. The quantitative estimate of drug-likeness (QED) is 0.281. The normalized spacial score (nSPS) is 14.5. The molecule has 200 valence electrons. The molecular formula is C29H36N6O2S. The van der Waals surface area contributed by atoms with Crippen LogP contribution in [0, 0.1) is 0 Å². The molecule has 2 heterocycles. The first kappa shape index (κ1) is 26.0. The van der Waals surface area contributed by atoms with Gasteiger partial charge in [0.15, 0.2) is 0 Å². The SMILES string of the molecule is CN(c1ccnc(Nc2ccc(CCS(C)(=O)=O)cc2)c1)c1ccc2c(c1)nc(NC1CCCCC1)n2C. The number of rotatable bonds is 9. The van der Waals surface area contributed by atoms with Crippen LogP contribution < -0.4 is 15.5 Å². The van der Waals surface area contributed by atoms with Crippen molar-refractivity contribution in [3.63, 3.8) is 0 Å². The number of anilines is 5. The van der Waals surface area contributed by atoms with Gasteiger partial charge in [0.05, 0.1) is 16.8 Å². The highest BCUT2D eigenvalue weighted by Crippen LogP contribution is 2.30. The van der Waals surface area contributed by atoms with E-state index in [-0.39, 0.29) is 5.75 Å².